The van der Waals surface area contributed by atoms with Crippen molar-refractivity contribution in [1.29, 1.82) is 0 Å². The molecule has 3 rings (SSSR count). The van der Waals surface area contributed by atoms with Gasteiger partial charge in [0.2, 0.25) is 8.32 Å². The fraction of sp³-hybridized carbons (Fsp3) is 0.464. The van der Waals surface area contributed by atoms with Crippen LogP contribution in [0.3, 0.4) is 0 Å². The van der Waals surface area contributed by atoms with Gasteiger partial charge in [0.15, 0.2) is 8.32 Å². The zero-order chi connectivity index (χ0) is 28.4. The minimum atomic E-state index is -2.44. The molecule has 0 unspecified atom stereocenters. The van der Waals surface area contributed by atoms with Gasteiger partial charge in [0.1, 0.15) is 11.3 Å². The smallest absolute Gasteiger partial charge is 0.336 e. The summed E-state index contributed by atoms with van der Waals surface area (Å²) < 4.78 is 31.6. The number of benzene rings is 2. The van der Waals surface area contributed by atoms with Gasteiger partial charge in [-0.15, -0.1) is 0 Å². The van der Waals surface area contributed by atoms with E-state index in [4.69, 9.17) is 21.5 Å². The summed E-state index contributed by atoms with van der Waals surface area (Å²) in [7, 11) is -8.99. The summed E-state index contributed by atoms with van der Waals surface area (Å²) in [4.78, 5) is 11.5. The number of aryl methyl sites for hydroxylation is 2. The van der Waals surface area contributed by atoms with Crippen LogP contribution in [0.25, 0.3) is 11.0 Å². The van der Waals surface area contributed by atoms with Crippen molar-refractivity contribution in [2.24, 2.45) is 0 Å². The summed E-state index contributed by atoms with van der Waals surface area (Å²) in [5.41, 5.74) is 2.72. The highest BCUT2D eigenvalue weighted by molar-refractivity contribution is 6.93. The Kier molecular flexibility index (Phi) is 9.50. The molecule has 0 aliphatic heterocycles. The average Bonchev–Trinajstić information content (AvgIpc) is 2.73. The van der Waals surface area contributed by atoms with Gasteiger partial charge in [-0.25, -0.2) is 4.79 Å². The van der Waals surface area contributed by atoms with Gasteiger partial charge in [-0.1, -0.05) is 29.3 Å². The maximum Gasteiger partial charge on any atom is 0.336 e. The van der Waals surface area contributed by atoms with Crippen molar-refractivity contribution in [2.75, 3.05) is 6.61 Å². The van der Waals surface area contributed by atoms with Crippen molar-refractivity contribution < 1.29 is 21.5 Å². The van der Waals surface area contributed by atoms with Crippen molar-refractivity contribution >= 4 is 49.9 Å². The first-order valence-corrected chi connectivity index (χ1v) is 25.0. The molecule has 0 atom stereocenters. The Morgan fingerprint density at radius 1 is 0.737 bits per heavy atom. The second-order valence-electron chi connectivity index (χ2n) is 12.2. The fourth-order valence-corrected chi connectivity index (χ4v) is 24.2. The Morgan fingerprint density at radius 3 is 2.00 bits per heavy atom. The van der Waals surface area contributed by atoms with Crippen LogP contribution in [0.1, 0.15) is 17.5 Å². The molecule has 10 heteroatoms. The van der Waals surface area contributed by atoms with E-state index in [1.54, 1.807) is 12.1 Å². The van der Waals surface area contributed by atoms with Crippen LogP contribution >= 0.6 is 0 Å². The van der Waals surface area contributed by atoms with Crippen molar-refractivity contribution in [3.63, 3.8) is 0 Å². The second-order valence-corrected chi connectivity index (χ2v) is 27.8. The minimum absolute atomic E-state index is 0.360. The van der Waals surface area contributed by atoms with Gasteiger partial charge in [0.25, 0.3) is 0 Å². The molecular formula is C28H44O6Si4. The first kappa shape index (κ1) is 30.7. The molecule has 1 heterocycles. The number of hydrogen-bond donors (Lipinski definition) is 0. The summed E-state index contributed by atoms with van der Waals surface area (Å²) >= 11 is 0. The van der Waals surface area contributed by atoms with Crippen molar-refractivity contribution in [3.05, 3.63) is 70.1 Å². The summed E-state index contributed by atoms with van der Waals surface area (Å²) in [5, 5.41) is 2.18. The van der Waals surface area contributed by atoms with Crippen LogP contribution in [-0.4, -0.2) is 40.4 Å². The highest BCUT2D eigenvalue weighted by atomic mass is 28.5. The first-order chi connectivity index (χ1) is 17.5. The third-order valence-corrected chi connectivity index (χ3v) is 21.6. The third-order valence-electron chi connectivity index (χ3n) is 6.22. The summed E-state index contributed by atoms with van der Waals surface area (Å²) in [6, 6.07) is 16.4. The molecule has 0 aliphatic carbocycles. The molecule has 208 valence electrons. The van der Waals surface area contributed by atoms with Crippen LogP contribution in [0, 0.1) is 13.8 Å². The predicted octanol–water partition coefficient (Wildman–Crippen LogP) is 6.95. The fourth-order valence-electron chi connectivity index (χ4n) is 5.16. The lowest BCUT2D eigenvalue weighted by atomic mass is 10.2. The van der Waals surface area contributed by atoms with Gasteiger partial charge in [0.05, 0.1) is 6.61 Å². The molecule has 0 saturated carbocycles. The molecule has 0 aliphatic rings. The zero-order valence-corrected chi connectivity index (χ0v) is 28.7. The van der Waals surface area contributed by atoms with Crippen LogP contribution in [0.15, 0.2) is 57.7 Å². The third kappa shape index (κ3) is 9.14. The maximum atomic E-state index is 11.5. The van der Waals surface area contributed by atoms with Crippen LogP contribution in [0.5, 0.6) is 5.75 Å². The molecule has 6 nitrogen and oxygen atoms in total. The van der Waals surface area contributed by atoms with Crippen LogP contribution in [-0.2, 0) is 12.3 Å². The lowest BCUT2D eigenvalue weighted by molar-refractivity contribution is 0.309. The van der Waals surface area contributed by atoms with Crippen LogP contribution in [0.4, 0.5) is 0 Å². The molecule has 1 aromatic heterocycles. The molecule has 3 aromatic rings. The lowest BCUT2D eigenvalue weighted by Crippen LogP contribution is -2.59. The number of fused-ring (bicyclic) bond motifs is 1. The Bertz CT molecular complexity index is 1300. The van der Waals surface area contributed by atoms with Gasteiger partial charge in [0, 0.05) is 17.5 Å². The largest absolute Gasteiger partial charge is 0.493 e. The van der Waals surface area contributed by atoms with Crippen molar-refractivity contribution in [2.45, 2.75) is 78.7 Å². The zero-order valence-electron chi connectivity index (χ0n) is 24.7. The molecule has 2 aromatic carbocycles. The van der Waals surface area contributed by atoms with E-state index in [1.807, 2.05) is 12.1 Å². The lowest BCUT2D eigenvalue weighted by Gasteiger charge is -2.41. The highest BCUT2D eigenvalue weighted by Gasteiger charge is 2.43. The minimum Gasteiger partial charge on any atom is -0.493 e. The number of ether oxygens (including phenoxy) is 1. The van der Waals surface area contributed by atoms with E-state index >= 15 is 0 Å². The molecular weight excluding hydrogens is 545 g/mol. The van der Waals surface area contributed by atoms with E-state index in [2.05, 4.69) is 84.4 Å². The van der Waals surface area contributed by atoms with Crippen molar-refractivity contribution in [1.82, 2.24) is 0 Å². The van der Waals surface area contributed by atoms with Gasteiger partial charge in [-0.3, -0.25) is 0 Å². The quantitative estimate of drug-likeness (QED) is 0.130. The molecule has 0 spiro atoms. The van der Waals surface area contributed by atoms with Gasteiger partial charge >= 0.3 is 22.7 Å². The van der Waals surface area contributed by atoms with E-state index in [9.17, 15) is 4.79 Å². The maximum absolute atomic E-state index is 11.5. The van der Waals surface area contributed by atoms with E-state index in [1.165, 1.54) is 22.4 Å². The molecule has 0 radical (unpaired) electrons. The van der Waals surface area contributed by atoms with E-state index in [0.29, 0.717) is 17.9 Å². The first-order valence-electron chi connectivity index (χ1n) is 13.3. The molecule has 0 fully saturated rings. The predicted molar refractivity (Wildman–Crippen MR) is 166 cm³/mol. The van der Waals surface area contributed by atoms with Crippen molar-refractivity contribution in [3.8, 4) is 5.75 Å². The van der Waals surface area contributed by atoms with Crippen LogP contribution < -0.4 is 15.5 Å². The van der Waals surface area contributed by atoms with Gasteiger partial charge < -0.3 is 21.5 Å². The Hall–Kier alpha value is -1.80. The molecule has 38 heavy (non-hydrogen) atoms. The standard InChI is InChI=1S/C28H44O6Si4/c1-22-18-23(2)20-26(19-22)36(5,6)33-38(9,10)34-37(7,8)32-35(3,4)17-11-16-30-25-14-12-24-13-15-28(29)31-27(24)21-25/h12-15,18-21H,11,16-17H2,1-10H3. The molecule has 0 amide bonds. The number of rotatable bonds is 12. The average molecular weight is 589 g/mol. The topological polar surface area (TPSA) is 67.1 Å². The molecule has 0 N–H and O–H groups in total. The molecule has 0 bridgehead atoms. The Morgan fingerprint density at radius 2 is 1.34 bits per heavy atom. The monoisotopic (exact) mass is 588 g/mol. The number of hydrogen-bond acceptors (Lipinski definition) is 6. The summed E-state index contributed by atoms with van der Waals surface area (Å²) in [6.07, 6.45) is 0.879. The Balaban J connectivity index is 1.54. The van der Waals surface area contributed by atoms with E-state index < -0.39 is 33.8 Å². The highest BCUT2D eigenvalue weighted by Crippen LogP contribution is 2.27. The molecule has 0 saturated heterocycles. The summed E-state index contributed by atoms with van der Waals surface area (Å²) in [5.74, 6) is 0.700. The normalized spacial score (nSPS) is 13.2. The summed E-state index contributed by atoms with van der Waals surface area (Å²) in [6.45, 7) is 22.5. The van der Waals surface area contributed by atoms with Crippen LogP contribution in [0.2, 0.25) is 58.4 Å². The SMILES string of the molecule is Cc1cc(C)cc([Si](C)(C)O[Si](C)(C)O[Si](C)(C)O[Si](C)(C)CCCOc2ccc3ccc(=O)oc3c2)c1. The van der Waals surface area contributed by atoms with E-state index in [0.717, 1.165) is 17.9 Å². The van der Waals surface area contributed by atoms with Gasteiger partial charge in [-0.2, -0.15) is 0 Å². The van der Waals surface area contributed by atoms with E-state index in [-0.39, 0.29) is 5.63 Å². The Labute approximate surface area is 232 Å². The second kappa shape index (κ2) is 11.7. The van der Waals surface area contributed by atoms with Gasteiger partial charge in [-0.05, 0) is 102 Å².